The molecule has 0 aliphatic carbocycles. The quantitative estimate of drug-likeness (QED) is 0.385. The molecule has 0 amide bonds. The van der Waals surface area contributed by atoms with Crippen molar-refractivity contribution in [2.45, 2.75) is 106 Å². The average molecular weight is 375 g/mol. The van der Waals surface area contributed by atoms with Crippen molar-refractivity contribution in [3.05, 3.63) is 29.8 Å². The fraction of sp³-hybridized carbons (Fsp3) is 0.769. The van der Waals surface area contributed by atoms with Gasteiger partial charge in [0.15, 0.2) is 0 Å². The Labute approximate surface area is 170 Å². The third kappa shape index (κ3) is 9.67. The summed E-state index contributed by atoms with van der Waals surface area (Å²) in [5, 5.41) is 9.53. The van der Waals surface area contributed by atoms with Crippen molar-refractivity contribution in [1.82, 2.24) is 0 Å². The van der Waals surface area contributed by atoms with E-state index in [2.05, 4.69) is 60.6 Å². The molecule has 1 aromatic carbocycles. The minimum Gasteiger partial charge on any atom is -0.508 e. The lowest BCUT2D eigenvalue weighted by molar-refractivity contribution is 0.177. The molecule has 0 aromatic heterocycles. The molecule has 0 heterocycles. The van der Waals surface area contributed by atoms with Crippen molar-refractivity contribution in [2.75, 3.05) is 0 Å². The molecule has 156 valence electrons. The molecule has 1 nitrogen and oxygen atoms in total. The Bertz CT molecular complexity index is 500. The SMILES string of the molecule is CCCCCCC(CCCC(Cc1ccc(O)cc1)C(C)(C)C)C(C)(C)C. The largest absolute Gasteiger partial charge is 0.508 e. The van der Waals surface area contributed by atoms with Crippen LogP contribution in [0.4, 0.5) is 0 Å². The van der Waals surface area contributed by atoms with Gasteiger partial charge in [-0.05, 0) is 66.0 Å². The van der Waals surface area contributed by atoms with Gasteiger partial charge in [0.2, 0.25) is 0 Å². The molecule has 2 atom stereocenters. The maximum absolute atomic E-state index is 9.53. The summed E-state index contributed by atoms with van der Waals surface area (Å²) in [6.07, 6.45) is 12.0. The van der Waals surface area contributed by atoms with Gasteiger partial charge in [-0.2, -0.15) is 0 Å². The van der Waals surface area contributed by atoms with E-state index in [1.165, 1.54) is 56.9 Å². The molecule has 0 aliphatic heterocycles. The van der Waals surface area contributed by atoms with Crippen molar-refractivity contribution in [3.8, 4) is 5.75 Å². The number of hydrogen-bond donors (Lipinski definition) is 1. The van der Waals surface area contributed by atoms with E-state index < -0.39 is 0 Å². The van der Waals surface area contributed by atoms with Gasteiger partial charge < -0.3 is 5.11 Å². The molecule has 2 unspecified atom stereocenters. The van der Waals surface area contributed by atoms with E-state index in [1.54, 1.807) is 0 Å². The van der Waals surface area contributed by atoms with Gasteiger partial charge in [-0.15, -0.1) is 0 Å². The summed E-state index contributed by atoms with van der Waals surface area (Å²) in [6.45, 7) is 16.7. The monoisotopic (exact) mass is 374 g/mol. The highest BCUT2D eigenvalue weighted by atomic mass is 16.3. The number of hydrogen-bond acceptors (Lipinski definition) is 1. The van der Waals surface area contributed by atoms with Gasteiger partial charge in [0, 0.05) is 0 Å². The van der Waals surface area contributed by atoms with Gasteiger partial charge in [0.05, 0.1) is 0 Å². The minimum absolute atomic E-state index is 0.316. The fourth-order valence-corrected chi connectivity index (χ4v) is 4.20. The topological polar surface area (TPSA) is 20.2 Å². The molecule has 27 heavy (non-hydrogen) atoms. The molecule has 1 aromatic rings. The van der Waals surface area contributed by atoms with Gasteiger partial charge in [0.25, 0.3) is 0 Å². The molecular formula is C26H46O. The van der Waals surface area contributed by atoms with E-state index in [-0.39, 0.29) is 0 Å². The van der Waals surface area contributed by atoms with Crippen LogP contribution in [0.15, 0.2) is 24.3 Å². The van der Waals surface area contributed by atoms with Crippen LogP contribution in [0.3, 0.4) is 0 Å². The number of rotatable bonds is 11. The number of benzene rings is 1. The second-order valence-corrected chi connectivity index (χ2v) is 10.8. The smallest absolute Gasteiger partial charge is 0.115 e. The van der Waals surface area contributed by atoms with E-state index in [4.69, 9.17) is 0 Å². The molecule has 0 radical (unpaired) electrons. The standard InChI is InChI=1S/C26H46O/c1-8-9-10-11-13-22(25(2,3)4)14-12-15-23(26(5,6)7)20-21-16-18-24(27)19-17-21/h16-19,22-23,27H,8-15,20H2,1-7H3. The van der Waals surface area contributed by atoms with E-state index >= 15 is 0 Å². The third-order valence-electron chi connectivity index (χ3n) is 6.38. The summed E-state index contributed by atoms with van der Waals surface area (Å²) in [6, 6.07) is 7.81. The lowest BCUT2D eigenvalue weighted by Crippen LogP contribution is -2.24. The summed E-state index contributed by atoms with van der Waals surface area (Å²) < 4.78 is 0. The highest BCUT2D eigenvalue weighted by molar-refractivity contribution is 5.26. The van der Waals surface area contributed by atoms with E-state index in [1.807, 2.05) is 12.1 Å². The third-order valence-corrected chi connectivity index (χ3v) is 6.38. The van der Waals surface area contributed by atoms with Gasteiger partial charge in [-0.3, -0.25) is 0 Å². The zero-order valence-electron chi connectivity index (χ0n) is 19.3. The lowest BCUT2D eigenvalue weighted by atomic mass is 9.71. The van der Waals surface area contributed by atoms with Gasteiger partial charge >= 0.3 is 0 Å². The maximum Gasteiger partial charge on any atom is 0.115 e. The Hall–Kier alpha value is -0.980. The van der Waals surface area contributed by atoms with Crippen LogP contribution in [-0.2, 0) is 6.42 Å². The predicted octanol–water partition coefficient (Wildman–Crippen LogP) is 8.40. The van der Waals surface area contributed by atoms with Crippen LogP contribution in [-0.4, -0.2) is 5.11 Å². The van der Waals surface area contributed by atoms with Crippen molar-refractivity contribution >= 4 is 0 Å². The lowest BCUT2D eigenvalue weighted by Gasteiger charge is -2.34. The molecule has 0 bridgehead atoms. The van der Waals surface area contributed by atoms with Gasteiger partial charge in [-0.25, -0.2) is 0 Å². The zero-order chi connectivity index (χ0) is 20.5. The van der Waals surface area contributed by atoms with Crippen molar-refractivity contribution in [1.29, 1.82) is 0 Å². The molecule has 0 fully saturated rings. The van der Waals surface area contributed by atoms with Crippen LogP contribution >= 0.6 is 0 Å². The zero-order valence-corrected chi connectivity index (χ0v) is 19.3. The van der Waals surface area contributed by atoms with Crippen LogP contribution in [0.2, 0.25) is 0 Å². The number of phenols is 1. The van der Waals surface area contributed by atoms with Crippen LogP contribution in [0.1, 0.15) is 105 Å². The molecular weight excluding hydrogens is 328 g/mol. The average Bonchev–Trinajstić information content (AvgIpc) is 2.55. The van der Waals surface area contributed by atoms with Crippen LogP contribution in [0, 0.1) is 22.7 Å². The predicted molar refractivity (Wildman–Crippen MR) is 120 cm³/mol. The maximum atomic E-state index is 9.53. The normalized spacial score (nSPS) is 14.9. The number of aromatic hydroxyl groups is 1. The molecule has 1 heteroatoms. The highest BCUT2D eigenvalue weighted by Gasteiger charge is 2.27. The summed E-state index contributed by atoms with van der Waals surface area (Å²) >= 11 is 0. The molecule has 1 N–H and O–H groups in total. The van der Waals surface area contributed by atoms with E-state index in [0.717, 1.165) is 12.3 Å². The molecule has 0 spiro atoms. The molecule has 0 aliphatic rings. The Morgan fingerprint density at radius 1 is 0.704 bits per heavy atom. The van der Waals surface area contributed by atoms with Crippen LogP contribution in [0.5, 0.6) is 5.75 Å². The first-order chi connectivity index (χ1) is 12.5. The Morgan fingerprint density at radius 3 is 1.74 bits per heavy atom. The first-order valence-electron chi connectivity index (χ1n) is 11.3. The van der Waals surface area contributed by atoms with Crippen LogP contribution in [0.25, 0.3) is 0 Å². The second kappa shape index (κ2) is 11.1. The number of phenolic OH excluding ortho intramolecular Hbond substituents is 1. The first-order valence-corrected chi connectivity index (χ1v) is 11.3. The minimum atomic E-state index is 0.316. The molecule has 1 rings (SSSR count). The summed E-state index contributed by atoms with van der Waals surface area (Å²) in [4.78, 5) is 0. The van der Waals surface area contributed by atoms with Gasteiger partial charge in [0.1, 0.15) is 5.75 Å². The molecule has 0 saturated carbocycles. The first kappa shape index (κ1) is 24.1. The highest BCUT2D eigenvalue weighted by Crippen LogP contribution is 2.38. The van der Waals surface area contributed by atoms with Gasteiger partial charge in [-0.1, -0.05) is 92.7 Å². The van der Waals surface area contributed by atoms with E-state index in [9.17, 15) is 5.11 Å². The summed E-state index contributed by atoms with van der Waals surface area (Å²) in [7, 11) is 0. The summed E-state index contributed by atoms with van der Waals surface area (Å²) in [5.41, 5.74) is 2.08. The van der Waals surface area contributed by atoms with Crippen molar-refractivity contribution in [2.24, 2.45) is 22.7 Å². The van der Waals surface area contributed by atoms with Crippen molar-refractivity contribution in [3.63, 3.8) is 0 Å². The second-order valence-electron chi connectivity index (χ2n) is 10.8. The van der Waals surface area contributed by atoms with E-state index in [0.29, 0.717) is 22.5 Å². The fourth-order valence-electron chi connectivity index (χ4n) is 4.20. The number of unbranched alkanes of at least 4 members (excludes halogenated alkanes) is 3. The van der Waals surface area contributed by atoms with Crippen molar-refractivity contribution < 1.29 is 5.11 Å². The van der Waals surface area contributed by atoms with Crippen LogP contribution < -0.4 is 0 Å². The molecule has 0 saturated heterocycles. The summed E-state index contributed by atoms with van der Waals surface area (Å²) in [5.74, 6) is 1.88. The Balaban J connectivity index is 2.60. The Morgan fingerprint density at radius 2 is 1.22 bits per heavy atom. The Kier molecular flexibility index (Phi) is 9.91.